The van der Waals surface area contributed by atoms with Crippen LogP contribution in [0.1, 0.15) is 5.56 Å². The van der Waals surface area contributed by atoms with Crippen molar-refractivity contribution in [2.24, 2.45) is 0 Å². The van der Waals surface area contributed by atoms with Gasteiger partial charge < -0.3 is 5.73 Å². The summed E-state index contributed by atoms with van der Waals surface area (Å²) in [6.45, 7) is 2.88. The summed E-state index contributed by atoms with van der Waals surface area (Å²) in [6, 6.07) is 3.35. The minimum absolute atomic E-state index is 0.307. The molecule has 7 heteroatoms. The molecule has 1 aromatic carbocycles. The summed E-state index contributed by atoms with van der Waals surface area (Å²) in [5.74, 6) is 1.70. The lowest BCUT2D eigenvalue weighted by Gasteiger charge is -2.26. The summed E-state index contributed by atoms with van der Waals surface area (Å²) in [5.41, 5.74) is 6.95. The van der Waals surface area contributed by atoms with E-state index in [2.05, 4.69) is 15.9 Å². The topological polar surface area (TPSA) is 63.4 Å². The van der Waals surface area contributed by atoms with E-state index in [0.29, 0.717) is 33.7 Å². The number of nitrogens with two attached hydrogens (primary N) is 1. The van der Waals surface area contributed by atoms with E-state index in [-0.39, 0.29) is 0 Å². The van der Waals surface area contributed by atoms with Crippen LogP contribution in [0.15, 0.2) is 21.5 Å². The summed E-state index contributed by atoms with van der Waals surface area (Å²) in [4.78, 5) is 0.307. The lowest BCUT2D eigenvalue weighted by molar-refractivity contribution is 0.443. The summed E-state index contributed by atoms with van der Waals surface area (Å²) in [7, 11) is -3.43. The summed E-state index contributed by atoms with van der Waals surface area (Å²) < 4.78 is 27.3. The summed E-state index contributed by atoms with van der Waals surface area (Å²) in [6.07, 6.45) is 0. The van der Waals surface area contributed by atoms with Crippen molar-refractivity contribution >= 4 is 43.4 Å². The highest BCUT2D eigenvalue weighted by atomic mass is 79.9. The highest BCUT2D eigenvalue weighted by Crippen LogP contribution is 2.29. The third kappa shape index (κ3) is 2.68. The predicted octanol–water partition coefficient (Wildman–Crippen LogP) is 2.08. The predicted molar refractivity (Wildman–Crippen MR) is 79.4 cm³/mol. The smallest absolute Gasteiger partial charge is 0.243 e. The first kappa shape index (κ1) is 14.2. The van der Waals surface area contributed by atoms with Crippen molar-refractivity contribution in [3.8, 4) is 0 Å². The molecule has 0 amide bonds. The Morgan fingerprint density at radius 3 is 2.56 bits per heavy atom. The van der Waals surface area contributed by atoms with Crippen LogP contribution in [0.2, 0.25) is 0 Å². The third-order valence-corrected chi connectivity index (χ3v) is 6.38. The van der Waals surface area contributed by atoms with Gasteiger partial charge in [0.2, 0.25) is 10.0 Å². The van der Waals surface area contributed by atoms with E-state index in [1.54, 1.807) is 30.8 Å². The van der Waals surface area contributed by atoms with Crippen molar-refractivity contribution in [2.45, 2.75) is 11.8 Å². The number of hydrogen-bond acceptors (Lipinski definition) is 4. The number of halogens is 1. The van der Waals surface area contributed by atoms with Crippen molar-refractivity contribution in [3.05, 3.63) is 22.2 Å². The third-order valence-electron chi connectivity index (χ3n) is 2.95. The molecule has 0 spiro atoms. The molecule has 0 bridgehead atoms. The fourth-order valence-electron chi connectivity index (χ4n) is 1.87. The van der Waals surface area contributed by atoms with Crippen LogP contribution in [0.5, 0.6) is 0 Å². The molecule has 0 unspecified atom stereocenters. The minimum atomic E-state index is -3.43. The SMILES string of the molecule is Cc1c(N)cc(Br)cc1S(=O)(=O)N1CCSCC1. The molecule has 18 heavy (non-hydrogen) atoms. The molecule has 2 N–H and O–H groups in total. The monoisotopic (exact) mass is 350 g/mol. The van der Waals surface area contributed by atoms with Crippen molar-refractivity contribution in [1.29, 1.82) is 0 Å². The zero-order chi connectivity index (χ0) is 13.3. The highest BCUT2D eigenvalue weighted by molar-refractivity contribution is 9.10. The van der Waals surface area contributed by atoms with E-state index in [9.17, 15) is 8.42 Å². The van der Waals surface area contributed by atoms with Crippen LogP contribution in [0, 0.1) is 6.92 Å². The van der Waals surface area contributed by atoms with Gasteiger partial charge in [0.15, 0.2) is 0 Å². The largest absolute Gasteiger partial charge is 0.398 e. The maximum absolute atomic E-state index is 12.6. The Kier molecular flexibility index (Phi) is 4.25. The number of anilines is 1. The molecule has 1 heterocycles. The molecule has 1 saturated heterocycles. The zero-order valence-electron chi connectivity index (χ0n) is 10.0. The number of hydrogen-bond donors (Lipinski definition) is 1. The lowest BCUT2D eigenvalue weighted by Crippen LogP contribution is -2.38. The van der Waals surface area contributed by atoms with Gasteiger partial charge in [-0.1, -0.05) is 15.9 Å². The van der Waals surface area contributed by atoms with Crippen LogP contribution in [0.4, 0.5) is 5.69 Å². The number of nitrogen functional groups attached to an aromatic ring is 1. The van der Waals surface area contributed by atoms with Crippen LogP contribution >= 0.6 is 27.7 Å². The highest BCUT2D eigenvalue weighted by Gasteiger charge is 2.28. The molecule has 0 radical (unpaired) electrons. The molecule has 0 aromatic heterocycles. The fraction of sp³-hybridized carbons (Fsp3) is 0.455. The first-order valence-corrected chi connectivity index (χ1v) is 8.95. The van der Waals surface area contributed by atoms with Crippen molar-refractivity contribution in [1.82, 2.24) is 4.31 Å². The maximum atomic E-state index is 12.6. The Labute approximate surface area is 120 Å². The second-order valence-electron chi connectivity index (χ2n) is 4.13. The lowest BCUT2D eigenvalue weighted by atomic mass is 10.2. The normalized spacial score (nSPS) is 17.9. The average molecular weight is 351 g/mol. The Morgan fingerprint density at radius 1 is 1.33 bits per heavy atom. The molecule has 2 rings (SSSR count). The van der Waals surface area contributed by atoms with E-state index >= 15 is 0 Å². The van der Waals surface area contributed by atoms with Gasteiger partial charge in [0.1, 0.15) is 0 Å². The molecular weight excluding hydrogens is 336 g/mol. The molecule has 1 aliphatic rings. The molecule has 1 fully saturated rings. The van der Waals surface area contributed by atoms with Gasteiger partial charge in [0.25, 0.3) is 0 Å². The van der Waals surface area contributed by atoms with Crippen LogP contribution in [-0.2, 0) is 10.0 Å². The van der Waals surface area contributed by atoms with E-state index in [0.717, 1.165) is 11.5 Å². The van der Waals surface area contributed by atoms with Gasteiger partial charge in [-0.15, -0.1) is 0 Å². The molecular formula is C11H15BrN2O2S2. The minimum Gasteiger partial charge on any atom is -0.398 e. The van der Waals surface area contributed by atoms with Gasteiger partial charge in [-0.25, -0.2) is 8.42 Å². The molecule has 100 valence electrons. The molecule has 1 aromatic rings. The Bertz CT molecular complexity index is 554. The average Bonchev–Trinajstić information content (AvgIpc) is 2.34. The zero-order valence-corrected chi connectivity index (χ0v) is 13.2. The van der Waals surface area contributed by atoms with Crippen LogP contribution in [0.3, 0.4) is 0 Å². The molecule has 0 aliphatic carbocycles. The van der Waals surface area contributed by atoms with Gasteiger partial charge in [-0.05, 0) is 24.6 Å². The number of thioether (sulfide) groups is 1. The Balaban J connectivity index is 2.46. The van der Waals surface area contributed by atoms with E-state index in [1.165, 1.54) is 4.31 Å². The quantitative estimate of drug-likeness (QED) is 0.829. The van der Waals surface area contributed by atoms with Gasteiger partial charge in [0.05, 0.1) is 4.90 Å². The molecule has 0 saturated carbocycles. The Hall–Kier alpha value is -0.240. The van der Waals surface area contributed by atoms with Crippen molar-refractivity contribution in [3.63, 3.8) is 0 Å². The molecule has 0 atom stereocenters. The number of benzene rings is 1. The van der Waals surface area contributed by atoms with Crippen LogP contribution < -0.4 is 5.73 Å². The molecule has 4 nitrogen and oxygen atoms in total. The van der Waals surface area contributed by atoms with Gasteiger partial charge in [-0.2, -0.15) is 16.1 Å². The van der Waals surface area contributed by atoms with Gasteiger partial charge >= 0.3 is 0 Å². The van der Waals surface area contributed by atoms with Gasteiger partial charge in [0, 0.05) is 34.8 Å². The van der Waals surface area contributed by atoms with Crippen LogP contribution in [-0.4, -0.2) is 37.3 Å². The van der Waals surface area contributed by atoms with Crippen molar-refractivity contribution < 1.29 is 8.42 Å². The maximum Gasteiger partial charge on any atom is 0.243 e. The standard InChI is InChI=1S/C11H15BrN2O2S2/c1-8-10(13)6-9(12)7-11(8)18(15,16)14-2-4-17-5-3-14/h6-7H,2-5,13H2,1H3. The second-order valence-corrected chi connectivity index (χ2v) is 8.18. The van der Waals surface area contributed by atoms with E-state index < -0.39 is 10.0 Å². The second kappa shape index (κ2) is 5.40. The number of sulfonamides is 1. The molecule has 1 aliphatic heterocycles. The number of nitrogens with zero attached hydrogens (tertiary/aromatic N) is 1. The fourth-order valence-corrected chi connectivity index (χ4v) is 5.35. The summed E-state index contributed by atoms with van der Waals surface area (Å²) in [5, 5.41) is 0. The first-order chi connectivity index (χ1) is 8.43. The Morgan fingerprint density at radius 2 is 1.94 bits per heavy atom. The van der Waals surface area contributed by atoms with Crippen LogP contribution in [0.25, 0.3) is 0 Å². The summed E-state index contributed by atoms with van der Waals surface area (Å²) >= 11 is 5.08. The van der Waals surface area contributed by atoms with Gasteiger partial charge in [-0.3, -0.25) is 0 Å². The van der Waals surface area contributed by atoms with Crippen molar-refractivity contribution in [2.75, 3.05) is 30.3 Å². The van der Waals surface area contributed by atoms with E-state index in [1.807, 2.05) is 0 Å². The number of rotatable bonds is 2. The van der Waals surface area contributed by atoms with E-state index in [4.69, 9.17) is 5.73 Å². The first-order valence-electron chi connectivity index (χ1n) is 5.56.